The topological polar surface area (TPSA) is 138 Å². The minimum atomic E-state index is -2.26. The van der Waals surface area contributed by atoms with Crippen molar-refractivity contribution in [2.75, 3.05) is 19.6 Å². The standard InChI is InChI=1S/C31H26FN3O9/c32-21-5-6-22-24(17-21)43-33-29(22)19-11-14-34(15-12-19)16-13-30-23-4-2-1-3-20(23)18-31(41-26(37)7-8-27(38)42-31)35(30)44-28(39)10-9-25(36)40-30/h1-10,17,19H,11-16,18H2/b10-9+. The number of carbonyl (C=O) groups is 4. The van der Waals surface area contributed by atoms with Crippen LogP contribution in [0, 0.1) is 5.82 Å². The summed E-state index contributed by atoms with van der Waals surface area (Å²) in [5.41, 5.74) is 0.401. The van der Waals surface area contributed by atoms with Crippen LogP contribution in [0.15, 0.2) is 71.3 Å². The summed E-state index contributed by atoms with van der Waals surface area (Å²) in [6.45, 7) is 1.64. The fourth-order valence-corrected chi connectivity index (χ4v) is 6.40. The van der Waals surface area contributed by atoms with Crippen LogP contribution in [0.2, 0.25) is 0 Å². The molecule has 0 aliphatic carbocycles. The molecule has 0 saturated carbocycles. The lowest BCUT2D eigenvalue weighted by molar-refractivity contribution is -0.434. The predicted octanol–water partition coefficient (Wildman–Crippen LogP) is 3.13. The number of fused-ring (bicyclic) bond motifs is 5. The average molecular weight is 604 g/mol. The zero-order valence-corrected chi connectivity index (χ0v) is 23.3. The van der Waals surface area contributed by atoms with Crippen molar-refractivity contribution in [1.29, 1.82) is 0 Å². The van der Waals surface area contributed by atoms with Crippen molar-refractivity contribution in [3.63, 3.8) is 0 Å². The number of rotatable bonds is 4. The second-order valence-corrected chi connectivity index (χ2v) is 11.0. The second kappa shape index (κ2) is 10.7. The minimum Gasteiger partial charge on any atom is -0.433 e. The van der Waals surface area contributed by atoms with Gasteiger partial charge in [0, 0.05) is 60.2 Å². The molecule has 7 rings (SSSR count). The fourth-order valence-electron chi connectivity index (χ4n) is 6.40. The Balaban J connectivity index is 1.20. The molecule has 4 aliphatic heterocycles. The van der Waals surface area contributed by atoms with Crippen molar-refractivity contribution in [1.82, 2.24) is 15.1 Å². The summed E-state index contributed by atoms with van der Waals surface area (Å²) < 4.78 is 36.4. The van der Waals surface area contributed by atoms with Crippen LogP contribution in [0.3, 0.4) is 0 Å². The van der Waals surface area contributed by atoms with Crippen LogP contribution < -0.4 is 0 Å². The molecule has 13 heteroatoms. The van der Waals surface area contributed by atoms with Gasteiger partial charge in [-0.2, -0.15) is 0 Å². The van der Waals surface area contributed by atoms with Gasteiger partial charge in [-0.1, -0.05) is 29.4 Å². The summed E-state index contributed by atoms with van der Waals surface area (Å²) in [5.74, 6) is -6.16. The third kappa shape index (κ3) is 4.83. The number of carbonyl (C=O) groups excluding carboxylic acids is 4. The van der Waals surface area contributed by atoms with Gasteiger partial charge in [0.1, 0.15) is 5.82 Å². The summed E-state index contributed by atoms with van der Waals surface area (Å²) in [6, 6.07) is 11.3. The third-order valence-corrected chi connectivity index (χ3v) is 8.37. The first-order valence-corrected chi connectivity index (χ1v) is 14.2. The highest BCUT2D eigenvalue weighted by molar-refractivity contribution is 5.94. The van der Waals surface area contributed by atoms with E-state index in [1.54, 1.807) is 30.3 Å². The zero-order chi connectivity index (χ0) is 30.5. The molecule has 1 saturated heterocycles. The Morgan fingerprint density at radius 2 is 1.55 bits per heavy atom. The van der Waals surface area contributed by atoms with Crippen LogP contribution in [-0.4, -0.2) is 64.5 Å². The summed E-state index contributed by atoms with van der Waals surface area (Å²) in [4.78, 5) is 59.0. The zero-order valence-electron chi connectivity index (χ0n) is 23.3. The quantitative estimate of drug-likeness (QED) is 0.405. The van der Waals surface area contributed by atoms with E-state index in [0.717, 1.165) is 53.3 Å². The van der Waals surface area contributed by atoms with Crippen molar-refractivity contribution in [2.45, 2.75) is 43.2 Å². The lowest BCUT2D eigenvalue weighted by Gasteiger charge is -2.52. The van der Waals surface area contributed by atoms with Crippen molar-refractivity contribution in [3.8, 4) is 0 Å². The largest absolute Gasteiger partial charge is 0.433 e. The summed E-state index contributed by atoms with van der Waals surface area (Å²) in [7, 11) is 0. The van der Waals surface area contributed by atoms with E-state index < -0.39 is 41.3 Å². The van der Waals surface area contributed by atoms with E-state index in [4.69, 9.17) is 23.6 Å². The SMILES string of the molecule is O=C1C=CC(=O)OC2(Cc3ccccc3C3(CCN4CCC(c5noc6cc(F)ccc56)CC4)OC(=O)/C=C/C(=O)ON23)O1. The number of nitrogens with zero attached hydrogens (tertiary/aromatic N) is 3. The first-order chi connectivity index (χ1) is 21.2. The molecule has 4 aliphatic rings. The molecular weight excluding hydrogens is 577 g/mol. The lowest BCUT2D eigenvalue weighted by atomic mass is 9.85. The Bertz CT molecular complexity index is 1720. The predicted molar refractivity (Wildman–Crippen MR) is 146 cm³/mol. The van der Waals surface area contributed by atoms with Crippen LogP contribution in [0.5, 0.6) is 0 Å². The molecule has 44 heavy (non-hydrogen) atoms. The minimum absolute atomic E-state index is 0.0536. The highest BCUT2D eigenvalue weighted by Crippen LogP contribution is 2.49. The van der Waals surface area contributed by atoms with E-state index in [0.29, 0.717) is 36.3 Å². The Kier molecular flexibility index (Phi) is 6.78. The number of halogens is 1. The highest BCUT2D eigenvalue weighted by Gasteiger charge is 2.64. The molecular formula is C31H26FN3O9. The number of ether oxygens (including phenoxy) is 3. The number of aromatic nitrogens is 1. The molecule has 3 aromatic rings. The van der Waals surface area contributed by atoms with Crippen molar-refractivity contribution < 1.29 is 47.1 Å². The number of likely N-dealkylation sites (tertiary alicyclic amines) is 1. The molecule has 1 aromatic heterocycles. The molecule has 1 unspecified atom stereocenters. The van der Waals surface area contributed by atoms with Gasteiger partial charge in [0.25, 0.3) is 0 Å². The smallest absolute Gasteiger partial charge is 0.360 e. The van der Waals surface area contributed by atoms with Gasteiger partial charge in [-0.15, -0.1) is 0 Å². The third-order valence-electron chi connectivity index (χ3n) is 8.37. The number of piperidine rings is 1. The molecule has 12 nitrogen and oxygen atoms in total. The Morgan fingerprint density at radius 1 is 0.864 bits per heavy atom. The van der Waals surface area contributed by atoms with Gasteiger partial charge in [0.15, 0.2) is 5.58 Å². The van der Waals surface area contributed by atoms with Gasteiger partial charge in [-0.25, -0.2) is 23.6 Å². The first kappa shape index (κ1) is 27.9. The normalized spacial score (nSPS) is 24.8. The van der Waals surface area contributed by atoms with E-state index in [1.165, 1.54) is 12.1 Å². The fraction of sp³-hybridized carbons (Fsp3) is 0.323. The Hall–Kier alpha value is -4.88. The number of benzene rings is 2. The maximum Gasteiger partial charge on any atom is 0.360 e. The van der Waals surface area contributed by atoms with Crippen molar-refractivity contribution >= 4 is 34.8 Å². The van der Waals surface area contributed by atoms with Gasteiger partial charge in [-0.05, 0) is 48.7 Å². The van der Waals surface area contributed by atoms with Gasteiger partial charge >= 0.3 is 29.8 Å². The number of hydrogen-bond donors (Lipinski definition) is 0. The maximum absolute atomic E-state index is 13.6. The van der Waals surface area contributed by atoms with Crippen LogP contribution in [0.25, 0.3) is 11.0 Å². The van der Waals surface area contributed by atoms with Crippen LogP contribution in [-0.2, 0) is 50.4 Å². The molecule has 1 fully saturated rings. The molecule has 0 radical (unpaired) electrons. The first-order valence-electron chi connectivity index (χ1n) is 14.2. The Labute approximate surface area is 249 Å². The van der Waals surface area contributed by atoms with E-state index in [-0.39, 0.29) is 18.8 Å². The van der Waals surface area contributed by atoms with Crippen LogP contribution >= 0.6 is 0 Å². The molecule has 1 atom stereocenters. The number of esters is 3. The summed E-state index contributed by atoms with van der Waals surface area (Å²) in [6.07, 6.45) is 4.98. The molecule has 0 amide bonds. The second-order valence-electron chi connectivity index (χ2n) is 11.0. The van der Waals surface area contributed by atoms with E-state index in [9.17, 15) is 23.6 Å². The van der Waals surface area contributed by atoms with Crippen LogP contribution in [0.1, 0.15) is 42.0 Å². The summed E-state index contributed by atoms with van der Waals surface area (Å²) in [5, 5.41) is 5.90. The van der Waals surface area contributed by atoms with E-state index >= 15 is 0 Å². The van der Waals surface area contributed by atoms with Gasteiger partial charge < -0.3 is 28.5 Å². The van der Waals surface area contributed by atoms with Gasteiger partial charge in [0.2, 0.25) is 5.72 Å². The highest BCUT2D eigenvalue weighted by atomic mass is 19.1. The molecule has 0 N–H and O–H groups in total. The van der Waals surface area contributed by atoms with E-state index in [1.807, 2.05) is 0 Å². The molecule has 2 aromatic carbocycles. The monoisotopic (exact) mass is 603 g/mol. The summed E-state index contributed by atoms with van der Waals surface area (Å²) >= 11 is 0. The molecule has 1 spiro atoms. The van der Waals surface area contributed by atoms with Crippen molar-refractivity contribution in [2.24, 2.45) is 0 Å². The Morgan fingerprint density at radius 3 is 2.30 bits per heavy atom. The molecule has 5 heterocycles. The number of hydrogen-bond acceptors (Lipinski definition) is 12. The lowest BCUT2D eigenvalue weighted by Crippen LogP contribution is -2.68. The molecule has 0 bridgehead atoms. The molecule has 226 valence electrons. The average Bonchev–Trinajstić information content (AvgIpc) is 3.36. The number of hydroxylamine groups is 2. The van der Waals surface area contributed by atoms with Gasteiger partial charge in [-0.3, -0.25) is 0 Å². The van der Waals surface area contributed by atoms with Crippen LogP contribution in [0.4, 0.5) is 4.39 Å². The van der Waals surface area contributed by atoms with E-state index in [2.05, 4.69) is 10.1 Å². The van der Waals surface area contributed by atoms with Gasteiger partial charge in [0.05, 0.1) is 12.1 Å². The maximum atomic E-state index is 13.6. The van der Waals surface area contributed by atoms with Crippen molar-refractivity contribution in [3.05, 3.63) is 89.4 Å².